The third-order valence-electron chi connectivity index (χ3n) is 3.51. The Balaban J connectivity index is 1.84. The number of rotatable bonds is 2. The Bertz CT molecular complexity index is 623. The van der Waals surface area contributed by atoms with Gasteiger partial charge >= 0.3 is 0 Å². The highest BCUT2D eigenvalue weighted by Crippen LogP contribution is 2.34. The normalized spacial score (nSPS) is 21.2. The van der Waals surface area contributed by atoms with Gasteiger partial charge in [-0.15, -0.1) is 11.6 Å². The molecule has 0 aliphatic heterocycles. The smallest absolute Gasteiger partial charge is 0.270 e. The summed E-state index contributed by atoms with van der Waals surface area (Å²) in [5.41, 5.74) is 2.85. The minimum Gasteiger partial charge on any atom is -0.342 e. The summed E-state index contributed by atoms with van der Waals surface area (Å²) < 4.78 is 1.55. The molecule has 1 N–H and O–H groups in total. The van der Waals surface area contributed by atoms with E-state index in [-0.39, 0.29) is 17.3 Å². The zero-order valence-corrected chi connectivity index (χ0v) is 11.3. The van der Waals surface area contributed by atoms with Crippen LogP contribution in [0, 0.1) is 0 Å². The third kappa shape index (κ3) is 2.12. The summed E-state index contributed by atoms with van der Waals surface area (Å²) in [6, 6.07) is 9.59. The van der Waals surface area contributed by atoms with Gasteiger partial charge in [0.05, 0.1) is 11.4 Å². The lowest BCUT2D eigenvalue weighted by molar-refractivity contribution is 0.0927. The molecule has 1 aliphatic carbocycles. The second-order valence-electron chi connectivity index (χ2n) is 4.71. The summed E-state index contributed by atoms with van der Waals surface area (Å²) in [5.74, 6) is -0.146. The summed E-state index contributed by atoms with van der Waals surface area (Å²) >= 11 is 6.35. The average molecular weight is 276 g/mol. The molecule has 5 heteroatoms. The molecule has 3 rings (SSSR count). The SMILES string of the molecule is Cn1nccc1C(=O)NC1c2ccccc2CC1Cl. The van der Waals surface area contributed by atoms with Gasteiger partial charge in [-0.05, 0) is 23.6 Å². The predicted molar refractivity (Wildman–Crippen MR) is 73.2 cm³/mol. The van der Waals surface area contributed by atoms with Gasteiger partial charge in [0.1, 0.15) is 5.69 Å². The van der Waals surface area contributed by atoms with Gasteiger partial charge in [-0.1, -0.05) is 24.3 Å². The van der Waals surface area contributed by atoms with Gasteiger partial charge < -0.3 is 5.32 Å². The van der Waals surface area contributed by atoms with E-state index in [1.807, 2.05) is 18.2 Å². The largest absolute Gasteiger partial charge is 0.342 e. The van der Waals surface area contributed by atoms with E-state index >= 15 is 0 Å². The lowest BCUT2D eigenvalue weighted by atomic mass is 10.1. The van der Waals surface area contributed by atoms with Crippen LogP contribution in [0.2, 0.25) is 0 Å². The maximum absolute atomic E-state index is 12.2. The number of fused-ring (bicyclic) bond motifs is 1. The third-order valence-corrected chi connectivity index (χ3v) is 3.91. The number of aryl methyl sites for hydroxylation is 1. The molecule has 2 atom stereocenters. The number of alkyl halides is 1. The van der Waals surface area contributed by atoms with Crippen molar-refractivity contribution in [2.75, 3.05) is 0 Å². The van der Waals surface area contributed by atoms with Crippen molar-refractivity contribution in [2.24, 2.45) is 7.05 Å². The Morgan fingerprint density at radius 1 is 1.42 bits per heavy atom. The molecule has 2 aromatic rings. The van der Waals surface area contributed by atoms with Crippen LogP contribution >= 0.6 is 11.6 Å². The molecule has 2 unspecified atom stereocenters. The number of aromatic nitrogens is 2. The highest BCUT2D eigenvalue weighted by molar-refractivity contribution is 6.21. The van der Waals surface area contributed by atoms with Gasteiger partial charge in [0.2, 0.25) is 0 Å². The van der Waals surface area contributed by atoms with Crippen LogP contribution in [0.3, 0.4) is 0 Å². The fourth-order valence-electron chi connectivity index (χ4n) is 2.53. The minimum absolute atomic E-state index is 0.102. The number of nitrogens with one attached hydrogen (secondary N) is 1. The molecule has 0 fully saturated rings. The number of benzene rings is 1. The van der Waals surface area contributed by atoms with Crippen molar-refractivity contribution in [1.82, 2.24) is 15.1 Å². The van der Waals surface area contributed by atoms with Crippen LogP contribution in [0.15, 0.2) is 36.5 Å². The van der Waals surface area contributed by atoms with Gasteiger partial charge in [-0.25, -0.2) is 0 Å². The van der Waals surface area contributed by atoms with Crippen LogP contribution in [0.1, 0.15) is 27.7 Å². The molecule has 1 amide bonds. The summed E-state index contributed by atoms with van der Waals surface area (Å²) in [6.07, 6.45) is 2.39. The van der Waals surface area contributed by atoms with Crippen molar-refractivity contribution in [1.29, 1.82) is 0 Å². The quantitative estimate of drug-likeness (QED) is 0.853. The van der Waals surface area contributed by atoms with Crippen LogP contribution in [0.5, 0.6) is 0 Å². The number of nitrogens with zero attached hydrogens (tertiary/aromatic N) is 2. The first kappa shape index (κ1) is 12.2. The second-order valence-corrected chi connectivity index (χ2v) is 5.27. The fraction of sp³-hybridized carbons (Fsp3) is 0.286. The number of carbonyl (C=O) groups excluding carboxylic acids is 1. The van der Waals surface area contributed by atoms with Crippen LogP contribution in [-0.4, -0.2) is 21.1 Å². The Labute approximate surface area is 116 Å². The first-order chi connectivity index (χ1) is 9.16. The summed E-state index contributed by atoms with van der Waals surface area (Å²) in [4.78, 5) is 12.2. The zero-order valence-electron chi connectivity index (χ0n) is 10.5. The molecule has 0 bridgehead atoms. The van der Waals surface area contributed by atoms with E-state index in [1.165, 1.54) is 5.56 Å². The molecule has 0 saturated heterocycles. The molecular weight excluding hydrogens is 262 g/mol. The maximum Gasteiger partial charge on any atom is 0.270 e. The topological polar surface area (TPSA) is 46.9 Å². The standard InChI is InChI=1S/C14H14ClN3O/c1-18-12(6-7-16-18)14(19)17-13-10-5-3-2-4-9(10)8-11(13)15/h2-7,11,13H,8H2,1H3,(H,17,19). The van der Waals surface area contributed by atoms with Crippen LogP contribution in [0.4, 0.5) is 0 Å². The molecule has 4 nitrogen and oxygen atoms in total. The van der Waals surface area contributed by atoms with Gasteiger partial charge in [0.25, 0.3) is 5.91 Å². The van der Waals surface area contributed by atoms with E-state index in [0.29, 0.717) is 5.69 Å². The summed E-state index contributed by atoms with van der Waals surface area (Å²) in [7, 11) is 1.75. The number of hydrogen-bond donors (Lipinski definition) is 1. The fourth-order valence-corrected chi connectivity index (χ4v) is 2.89. The van der Waals surface area contributed by atoms with Crippen molar-refractivity contribution in [3.05, 3.63) is 53.3 Å². The second kappa shape index (κ2) is 4.70. The van der Waals surface area contributed by atoms with Crippen molar-refractivity contribution in [2.45, 2.75) is 17.8 Å². The van der Waals surface area contributed by atoms with Crippen molar-refractivity contribution in [3.63, 3.8) is 0 Å². The molecule has 1 aromatic carbocycles. The van der Waals surface area contributed by atoms with Gasteiger partial charge in [0, 0.05) is 13.2 Å². The molecule has 0 spiro atoms. The number of amides is 1. The Hall–Kier alpha value is -1.81. The van der Waals surface area contributed by atoms with E-state index in [2.05, 4.69) is 16.5 Å². The minimum atomic E-state index is -0.146. The van der Waals surface area contributed by atoms with E-state index in [9.17, 15) is 4.79 Å². The molecule has 0 radical (unpaired) electrons. The van der Waals surface area contributed by atoms with Gasteiger partial charge in [-0.3, -0.25) is 9.48 Å². The summed E-state index contributed by atoms with van der Waals surface area (Å²) in [6.45, 7) is 0. The molecule has 98 valence electrons. The van der Waals surface area contributed by atoms with Crippen molar-refractivity contribution >= 4 is 17.5 Å². The Morgan fingerprint density at radius 3 is 2.95 bits per heavy atom. The van der Waals surface area contributed by atoms with Crippen LogP contribution in [-0.2, 0) is 13.5 Å². The highest BCUT2D eigenvalue weighted by atomic mass is 35.5. The maximum atomic E-state index is 12.2. The monoisotopic (exact) mass is 275 g/mol. The number of carbonyl (C=O) groups is 1. The molecule has 1 aromatic heterocycles. The van der Waals surface area contributed by atoms with Gasteiger partial charge in [0.15, 0.2) is 0 Å². The molecule has 19 heavy (non-hydrogen) atoms. The lowest BCUT2D eigenvalue weighted by Crippen LogP contribution is -2.33. The van der Waals surface area contributed by atoms with Gasteiger partial charge in [-0.2, -0.15) is 5.10 Å². The lowest BCUT2D eigenvalue weighted by Gasteiger charge is -2.17. The van der Waals surface area contributed by atoms with E-state index in [0.717, 1.165) is 12.0 Å². The Morgan fingerprint density at radius 2 is 2.21 bits per heavy atom. The van der Waals surface area contributed by atoms with Crippen LogP contribution in [0.25, 0.3) is 0 Å². The summed E-state index contributed by atoms with van der Waals surface area (Å²) in [5, 5.41) is 6.89. The predicted octanol–water partition coefficient (Wildman–Crippen LogP) is 2.05. The van der Waals surface area contributed by atoms with E-state index < -0.39 is 0 Å². The zero-order chi connectivity index (χ0) is 13.4. The average Bonchev–Trinajstić information content (AvgIpc) is 2.94. The number of halogens is 1. The first-order valence-electron chi connectivity index (χ1n) is 6.17. The molecular formula is C14H14ClN3O. The van der Waals surface area contributed by atoms with E-state index in [4.69, 9.17) is 11.6 Å². The van der Waals surface area contributed by atoms with Crippen molar-refractivity contribution < 1.29 is 4.79 Å². The highest BCUT2D eigenvalue weighted by Gasteiger charge is 2.32. The Kier molecular flexibility index (Phi) is 3.03. The number of hydrogen-bond acceptors (Lipinski definition) is 2. The van der Waals surface area contributed by atoms with Crippen molar-refractivity contribution in [3.8, 4) is 0 Å². The molecule has 1 aliphatic rings. The molecule has 0 saturated carbocycles. The molecule has 1 heterocycles. The van der Waals surface area contributed by atoms with E-state index in [1.54, 1.807) is 24.0 Å². The first-order valence-corrected chi connectivity index (χ1v) is 6.61. The van der Waals surface area contributed by atoms with Crippen LogP contribution < -0.4 is 5.32 Å².